The number of amides is 1. The highest BCUT2D eigenvalue weighted by atomic mass is 16.5. The van der Waals surface area contributed by atoms with Gasteiger partial charge >= 0.3 is 0 Å². The number of rotatable bonds is 5. The van der Waals surface area contributed by atoms with Crippen LogP contribution in [0, 0.1) is 6.92 Å². The normalized spacial score (nSPS) is 15.8. The zero-order valence-corrected chi connectivity index (χ0v) is 12.8. The molecule has 0 aliphatic heterocycles. The van der Waals surface area contributed by atoms with Crippen molar-refractivity contribution in [1.29, 1.82) is 0 Å². The second-order valence-corrected chi connectivity index (χ2v) is 5.69. The maximum absolute atomic E-state index is 12.1. The number of ketones is 1. The van der Waals surface area contributed by atoms with Gasteiger partial charge in [0.15, 0.2) is 0 Å². The first kappa shape index (κ1) is 15.5. The number of hydrogen-bond donors (Lipinski definition) is 0. The van der Waals surface area contributed by atoms with Gasteiger partial charge in [0.25, 0.3) is 0 Å². The zero-order chi connectivity index (χ0) is 15.2. The smallest absolute Gasteiger partial charge is 0.225 e. The Labute approximate surface area is 126 Å². The summed E-state index contributed by atoms with van der Waals surface area (Å²) in [6.07, 6.45) is 3.15. The molecule has 4 nitrogen and oxygen atoms in total. The van der Waals surface area contributed by atoms with Gasteiger partial charge in [0.1, 0.15) is 11.5 Å². The van der Waals surface area contributed by atoms with Crippen LogP contribution in [0.1, 0.15) is 37.7 Å². The summed E-state index contributed by atoms with van der Waals surface area (Å²) in [5, 5.41) is 0. The van der Waals surface area contributed by atoms with Gasteiger partial charge in [-0.15, -0.1) is 0 Å². The predicted octanol–water partition coefficient (Wildman–Crippen LogP) is 2.73. The fourth-order valence-corrected chi connectivity index (χ4v) is 2.65. The molecule has 21 heavy (non-hydrogen) atoms. The van der Waals surface area contributed by atoms with Crippen LogP contribution in [0.2, 0.25) is 0 Å². The molecule has 1 amide bonds. The quantitative estimate of drug-likeness (QED) is 0.837. The Balaban J connectivity index is 1.75. The van der Waals surface area contributed by atoms with Crippen molar-refractivity contribution in [3.8, 4) is 5.75 Å². The minimum absolute atomic E-state index is 0.0852. The van der Waals surface area contributed by atoms with Gasteiger partial charge in [0.2, 0.25) is 5.91 Å². The van der Waals surface area contributed by atoms with E-state index in [0.717, 1.165) is 24.2 Å². The van der Waals surface area contributed by atoms with Crippen LogP contribution in [0.25, 0.3) is 0 Å². The van der Waals surface area contributed by atoms with Gasteiger partial charge in [-0.3, -0.25) is 9.59 Å². The molecule has 0 radical (unpaired) electrons. The van der Waals surface area contributed by atoms with Crippen LogP contribution in [0.15, 0.2) is 24.3 Å². The number of benzene rings is 1. The molecule has 0 N–H and O–H groups in total. The van der Waals surface area contributed by atoms with E-state index in [9.17, 15) is 9.59 Å². The van der Waals surface area contributed by atoms with Crippen LogP contribution < -0.4 is 4.74 Å². The van der Waals surface area contributed by atoms with Crippen molar-refractivity contribution in [2.24, 2.45) is 0 Å². The van der Waals surface area contributed by atoms with E-state index in [1.54, 1.807) is 4.90 Å². The van der Waals surface area contributed by atoms with E-state index in [4.69, 9.17) is 4.74 Å². The van der Waals surface area contributed by atoms with Gasteiger partial charge in [-0.05, 0) is 37.5 Å². The first-order chi connectivity index (χ1) is 10.1. The van der Waals surface area contributed by atoms with Gasteiger partial charge in [-0.2, -0.15) is 0 Å². The topological polar surface area (TPSA) is 46.6 Å². The standard InChI is InChI=1S/C17H23NO3/c1-13-4-3-5-16(12-13)21-11-10-17(20)18(2)14-6-8-15(19)9-7-14/h3-5,12,14H,6-11H2,1-2H3. The van der Waals surface area contributed by atoms with Crippen LogP contribution in [0.4, 0.5) is 0 Å². The highest BCUT2D eigenvalue weighted by Crippen LogP contribution is 2.20. The summed E-state index contributed by atoms with van der Waals surface area (Å²) in [6, 6.07) is 8.01. The van der Waals surface area contributed by atoms with Crippen molar-refractivity contribution in [2.45, 2.75) is 45.1 Å². The maximum atomic E-state index is 12.1. The van der Waals surface area contributed by atoms with Gasteiger partial charge in [-0.25, -0.2) is 0 Å². The van der Waals surface area contributed by atoms with E-state index in [2.05, 4.69) is 0 Å². The summed E-state index contributed by atoms with van der Waals surface area (Å²) in [5.74, 6) is 1.20. The minimum Gasteiger partial charge on any atom is -0.493 e. The van der Waals surface area contributed by atoms with Crippen LogP contribution >= 0.6 is 0 Å². The molecule has 0 bridgehead atoms. The van der Waals surface area contributed by atoms with Crippen molar-refractivity contribution in [3.63, 3.8) is 0 Å². The van der Waals surface area contributed by atoms with E-state index in [-0.39, 0.29) is 11.9 Å². The molecule has 0 spiro atoms. The lowest BCUT2D eigenvalue weighted by Crippen LogP contribution is -2.40. The molecule has 0 atom stereocenters. The first-order valence-corrected chi connectivity index (χ1v) is 7.53. The molecule has 1 aromatic carbocycles. The number of nitrogens with zero attached hydrogens (tertiary/aromatic N) is 1. The van der Waals surface area contributed by atoms with Crippen molar-refractivity contribution in [1.82, 2.24) is 4.90 Å². The third-order valence-corrected chi connectivity index (χ3v) is 4.03. The van der Waals surface area contributed by atoms with Crippen molar-refractivity contribution in [2.75, 3.05) is 13.7 Å². The largest absolute Gasteiger partial charge is 0.493 e. The second-order valence-electron chi connectivity index (χ2n) is 5.69. The summed E-state index contributed by atoms with van der Waals surface area (Å²) in [5.41, 5.74) is 1.14. The fraction of sp³-hybridized carbons (Fsp3) is 0.529. The van der Waals surface area contributed by atoms with Crippen molar-refractivity contribution < 1.29 is 14.3 Å². The van der Waals surface area contributed by atoms with Crippen LogP contribution in [-0.4, -0.2) is 36.3 Å². The monoisotopic (exact) mass is 289 g/mol. The molecule has 4 heteroatoms. The number of Topliss-reactive ketones (excluding diaryl/α,β-unsaturated/α-hetero) is 1. The molecule has 0 saturated heterocycles. The number of carbonyl (C=O) groups excluding carboxylic acids is 2. The SMILES string of the molecule is Cc1cccc(OCCC(=O)N(C)C2CCC(=O)CC2)c1. The molecule has 1 aliphatic carbocycles. The number of ether oxygens (including phenoxy) is 1. The molecule has 1 aromatic rings. The molecule has 2 rings (SSSR count). The van der Waals surface area contributed by atoms with E-state index < -0.39 is 0 Å². The Morgan fingerprint density at radius 2 is 2.05 bits per heavy atom. The summed E-state index contributed by atoms with van der Waals surface area (Å²) < 4.78 is 5.61. The predicted molar refractivity (Wildman–Crippen MR) is 81.3 cm³/mol. The first-order valence-electron chi connectivity index (χ1n) is 7.53. The lowest BCUT2D eigenvalue weighted by atomic mass is 9.93. The Hall–Kier alpha value is -1.84. The molecule has 1 aliphatic rings. The van der Waals surface area contributed by atoms with Gasteiger partial charge < -0.3 is 9.64 Å². The highest BCUT2D eigenvalue weighted by molar-refractivity contribution is 5.80. The fourth-order valence-electron chi connectivity index (χ4n) is 2.65. The Bertz CT molecular complexity index is 503. The summed E-state index contributed by atoms with van der Waals surface area (Å²) in [6.45, 7) is 2.40. The third-order valence-electron chi connectivity index (χ3n) is 4.03. The molecule has 114 valence electrons. The highest BCUT2D eigenvalue weighted by Gasteiger charge is 2.24. The summed E-state index contributed by atoms with van der Waals surface area (Å²) in [4.78, 5) is 25.2. The molecule has 0 unspecified atom stereocenters. The molecule has 1 saturated carbocycles. The lowest BCUT2D eigenvalue weighted by molar-refractivity contribution is -0.134. The number of carbonyl (C=O) groups is 2. The molecular formula is C17H23NO3. The lowest BCUT2D eigenvalue weighted by Gasteiger charge is -2.30. The minimum atomic E-state index is 0.0852. The van der Waals surface area contributed by atoms with Crippen LogP contribution in [0.5, 0.6) is 5.75 Å². The maximum Gasteiger partial charge on any atom is 0.225 e. The zero-order valence-electron chi connectivity index (χ0n) is 12.8. The van der Waals surface area contributed by atoms with Crippen LogP contribution in [0.3, 0.4) is 0 Å². The van der Waals surface area contributed by atoms with Gasteiger partial charge in [0, 0.05) is 25.9 Å². The van der Waals surface area contributed by atoms with E-state index in [1.807, 2.05) is 38.2 Å². The summed E-state index contributed by atoms with van der Waals surface area (Å²) >= 11 is 0. The van der Waals surface area contributed by atoms with E-state index in [0.29, 0.717) is 31.7 Å². The average molecular weight is 289 g/mol. The Morgan fingerprint density at radius 3 is 2.71 bits per heavy atom. The van der Waals surface area contributed by atoms with Crippen molar-refractivity contribution in [3.05, 3.63) is 29.8 Å². The van der Waals surface area contributed by atoms with Crippen LogP contribution in [-0.2, 0) is 9.59 Å². The Kier molecular flexibility index (Phi) is 5.37. The molecule has 0 heterocycles. The van der Waals surface area contributed by atoms with Gasteiger partial charge in [0.05, 0.1) is 13.0 Å². The Morgan fingerprint density at radius 1 is 1.33 bits per heavy atom. The molecule has 0 aromatic heterocycles. The van der Waals surface area contributed by atoms with E-state index in [1.165, 1.54) is 0 Å². The van der Waals surface area contributed by atoms with Gasteiger partial charge in [-0.1, -0.05) is 12.1 Å². The average Bonchev–Trinajstić information content (AvgIpc) is 2.47. The number of hydrogen-bond acceptors (Lipinski definition) is 3. The third kappa shape index (κ3) is 4.59. The second kappa shape index (κ2) is 7.25. The molecule has 1 fully saturated rings. The summed E-state index contributed by atoms with van der Waals surface area (Å²) in [7, 11) is 1.83. The number of aryl methyl sites for hydroxylation is 1. The van der Waals surface area contributed by atoms with Crippen molar-refractivity contribution >= 4 is 11.7 Å². The molecular weight excluding hydrogens is 266 g/mol. The van der Waals surface area contributed by atoms with E-state index >= 15 is 0 Å².